The second-order valence-corrected chi connectivity index (χ2v) is 6.86. The largest absolute Gasteiger partial charge is 0.338 e. The maximum absolute atomic E-state index is 12.4. The molecule has 3 aliphatic rings. The Kier molecular flexibility index (Phi) is 4.28. The normalized spacial score (nSPS) is 32.5. The van der Waals surface area contributed by atoms with Gasteiger partial charge in [0, 0.05) is 19.0 Å². The minimum atomic E-state index is 0.324. The third-order valence-corrected chi connectivity index (χ3v) is 5.46. The predicted octanol–water partition coefficient (Wildman–Crippen LogP) is 3.79. The highest BCUT2D eigenvalue weighted by atomic mass is 16.2. The smallest absolute Gasteiger partial charge is 0.225 e. The molecule has 2 saturated carbocycles. The molecule has 0 aromatic carbocycles. The second-order valence-electron chi connectivity index (χ2n) is 6.86. The van der Waals surface area contributed by atoms with E-state index < -0.39 is 0 Å². The van der Waals surface area contributed by atoms with Crippen molar-refractivity contribution in [2.75, 3.05) is 13.1 Å². The molecule has 0 saturated heterocycles. The summed E-state index contributed by atoms with van der Waals surface area (Å²) in [7, 11) is 0. The molecule has 2 heteroatoms. The Balaban J connectivity index is 1.51. The zero-order chi connectivity index (χ0) is 13.9. The Morgan fingerprint density at radius 3 is 2.75 bits per heavy atom. The van der Waals surface area contributed by atoms with Crippen molar-refractivity contribution in [2.45, 2.75) is 44.9 Å². The number of rotatable bonds is 6. The quantitative estimate of drug-likeness (QED) is 0.674. The number of allylic oxidation sites excluding steroid dienone is 2. The van der Waals surface area contributed by atoms with E-state index in [1.54, 1.807) is 0 Å². The Labute approximate surface area is 122 Å². The van der Waals surface area contributed by atoms with Gasteiger partial charge < -0.3 is 4.90 Å². The first-order chi connectivity index (χ1) is 9.79. The Morgan fingerprint density at radius 1 is 1.30 bits per heavy atom. The van der Waals surface area contributed by atoms with Crippen LogP contribution < -0.4 is 0 Å². The van der Waals surface area contributed by atoms with Crippen LogP contribution in [0, 0.1) is 23.7 Å². The molecule has 3 rings (SSSR count). The van der Waals surface area contributed by atoms with Crippen LogP contribution in [0.15, 0.2) is 24.8 Å². The third-order valence-electron chi connectivity index (χ3n) is 5.46. The van der Waals surface area contributed by atoms with E-state index >= 15 is 0 Å². The first-order valence-corrected chi connectivity index (χ1v) is 8.34. The van der Waals surface area contributed by atoms with Gasteiger partial charge in [-0.05, 0) is 56.3 Å². The summed E-state index contributed by atoms with van der Waals surface area (Å²) < 4.78 is 0. The number of hydrogen-bond acceptors (Lipinski definition) is 1. The molecule has 0 radical (unpaired) electrons. The lowest BCUT2D eigenvalue weighted by Crippen LogP contribution is -2.40. The van der Waals surface area contributed by atoms with Gasteiger partial charge in [-0.3, -0.25) is 4.79 Å². The summed E-state index contributed by atoms with van der Waals surface area (Å²) in [6.07, 6.45) is 15.2. The molecule has 3 atom stereocenters. The molecule has 3 aliphatic carbocycles. The van der Waals surface area contributed by atoms with Crippen LogP contribution >= 0.6 is 0 Å². The number of amides is 1. The molecule has 0 aromatic heterocycles. The zero-order valence-corrected chi connectivity index (χ0v) is 12.5. The lowest BCUT2D eigenvalue weighted by Gasteiger charge is -2.31. The van der Waals surface area contributed by atoms with Crippen LogP contribution in [0.2, 0.25) is 0 Å². The van der Waals surface area contributed by atoms with Gasteiger partial charge in [-0.15, -0.1) is 6.58 Å². The van der Waals surface area contributed by atoms with Crippen LogP contribution in [0.25, 0.3) is 0 Å². The Bertz CT molecular complexity index is 396. The predicted molar refractivity (Wildman–Crippen MR) is 82.2 cm³/mol. The zero-order valence-electron chi connectivity index (χ0n) is 12.5. The number of nitrogens with zero attached hydrogens (tertiary/aromatic N) is 1. The van der Waals surface area contributed by atoms with Crippen molar-refractivity contribution in [3.05, 3.63) is 24.8 Å². The average molecular weight is 273 g/mol. The van der Waals surface area contributed by atoms with Crippen molar-refractivity contribution >= 4 is 5.91 Å². The standard InChI is InChI=1S/C18H27NO/c1-2-11-19(18(20)15-9-6-10-15)13-16-12-17(16)14-7-4-3-5-8-14/h2-4,14-17H,1,5-13H2. The van der Waals surface area contributed by atoms with Crippen LogP contribution in [0.1, 0.15) is 44.9 Å². The van der Waals surface area contributed by atoms with Gasteiger partial charge in [0.15, 0.2) is 0 Å². The highest BCUT2D eigenvalue weighted by molar-refractivity contribution is 5.79. The highest BCUT2D eigenvalue weighted by Gasteiger charge is 2.44. The van der Waals surface area contributed by atoms with Crippen LogP contribution in [0.4, 0.5) is 0 Å². The van der Waals surface area contributed by atoms with E-state index in [9.17, 15) is 4.79 Å². The van der Waals surface area contributed by atoms with Crippen molar-refractivity contribution in [3.8, 4) is 0 Å². The van der Waals surface area contributed by atoms with Gasteiger partial charge in [0.05, 0.1) is 0 Å². The van der Waals surface area contributed by atoms with E-state index in [2.05, 4.69) is 23.6 Å². The van der Waals surface area contributed by atoms with E-state index in [-0.39, 0.29) is 0 Å². The number of hydrogen-bond donors (Lipinski definition) is 0. The topological polar surface area (TPSA) is 20.3 Å². The monoisotopic (exact) mass is 273 g/mol. The molecule has 1 amide bonds. The number of carbonyl (C=O) groups is 1. The molecule has 0 spiro atoms. The molecule has 0 aliphatic heterocycles. The molecule has 0 heterocycles. The van der Waals surface area contributed by atoms with Crippen molar-refractivity contribution in [1.82, 2.24) is 4.90 Å². The Morgan fingerprint density at radius 2 is 2.15 bits per heavy atom. The van der Waals surface area contributed by atoms with E-state index in [0.717, 1.165) is 43.7 Å². The van der Waals surface area contributed by atoms with E-state index in [4.69, 9.17) is 0 Å². The van der Waals surface area contributed by atoms with Gasteiger partial charge in [0.2, 0.25) is 5.91 Å². The van der Waals surface area contributed by atoms with Gasteiger partial charge in [-0.1, -0.05) is 24.6 Å². The maximum Gasteiger partial charge on any atom is 0.225 e. The molecule has 110 valence electrons. The molecule has 20 heavy (non-hydrogen) atoms. The summed E-state index contributed by atoms with van der Waals surface area (Å²) in [6, 6.07) is 0. The van der Waals surface area contributed by atoms with E-state index in [0.29, 0.717) is 11.8 Å². The summed E-state index contributed by atoms with van der Waals surface area (Å²) in [5.41, 5.74) is 0. The van der Waals surface area contributed by atoms with Crippen LogP contribution in [-0.4, -0.2) is 23.9 Å². The minimum Gasteiger partial charge on any atom is -0.338 e. The van der Waals surface area contributed by atoms with Gasteiger partial charge in [-0.2, -0.15) is 0 Å². The first kappa shape index (κ1) is 13.9. The van der Waals surface area contributed by atoms with Crippen LogP contribution in [0.5, 0.6) is 0 Å². The van der Waals surface area contributed by atoms with Crippen molar-refractivity contribution in [1.29, 1.82) is 0 Å². The fourth-order valence-corrected chi connectivity index (χ4v) is 3.87. The number of carbonyl (C=O) groups excluding carboxylic acids is 1. The molecule has 2 fully saturated rings. The van der Waals surface area contributed by atoms with Crippen molar-refractivity contribution in [2.24, 2.45) is 23.7 Å². The van der Waals surface area contributed by atoms with Crippen molar-refractivity contribution in [3.63, 3.8) is 0 Å². The van der Waals surface area contributed by atoms with Gasteiger partial charge in [0.1, 0.15) is 0 Å². The van der Waals surface area contributed by atoms with Gasteiger partial charge in [-0.25, -0.2) is 0 Å². The molecular weight excluding hydrogens is 246 g/mol. The molecule has 0 aromatic rings. The average Bonchev–Trinajstić information content (AvgIpc) is 3.16. The fraction of sp³-hybridized carbons (Fsp3) is 0.722. The fourth-order valence-electron chi connectivity index (χ4n) is 3.87. The minimum absolute atomic E-state index is 0.324. The maximum atomic E-state index is 12.4. The molecule has 3 unspecified atom stereocenters. The molecule has 0 N–H and O–H groups in total. The van der Waals surface area contributed by atoms with Crippen LogP contribution in [-0.2, 0) is 4.79 Å². The van der Waals surface area contributed by atoms with E-state index in [1.807, 2.05) is 6.08 Å². The SMILES string of the molecule is C=CCN(CC1CC1C1CC=CCC1)C(=O)C1CCC1. The first-order valence-electron chi connectivity index (χ1n) is 8.34. The van der Waals surface area contributed by atoms with Gasteiger partial charge in [0.25, 0.3) is 0 Å². The summed E-state index contributed by atoms with van der Waals surface area (Å²) in [5, 5.41) is 0. The van der Waals surface area contributed by atoms with Crippen LogP contribution in [0.3, 0.4) is 0 Å². The lowest BCUT2D eigenvalue weighted by molar-refractivity contribution is -0.137. The summed E-state index contributed by atoms with van der Waals surface area (Å²) >= 11 is 0. The van der Waals surface area contributed by atoms with Crippen molar-refractivity contribution < 1.29 is 4.79 Å². The summed E-state index contributed by atoms with van der Waals surface area (Å²) in [4.78, 5) is 14.5. The lowest BCUT2D eigenvalue weighted by atomic mass is 9.84. The second kappa shape index (κ2) is 6.15. The third kappa shape index (κ3) is 2.99. The summed E-state index contributed by atoms with van der Waals surface area (Å²) in [5.74, 6) is 3.24. The molecule has 0 bridgehead atoms. The van der Waals surface area contributed by atoms with E-state index in [1.165, 1.54) is 32.1 Å². The summed E-state index contributed by atoms with van der Waals surface area (Å²) in [6.45, 7) is 5.54. The Hall–Kier alpha value is -1.05. The highest BCUT2D eigenvalue weighted by Crippen LogP contribution is 2.48. The molecular formula is C18H27NO. The molecule has 2 nitrogen and oxygen atoms in total. The van der Waals surface area contributed by atoms with Gasteiger partial charge >= 0.3 is 0 Å².